The first kappa shape index (κ1) is 22.3. The molecular weight excluding hydrogens is 455 g/mol. The lowest BCUT2D eigenvalue weighted by Gasteiger charge is -2.35. The fraction of sp³-hybridized carbons (Fsp3) is 0.333. The molecule has 0 atom stereocenters. The van der Waals surface area contributed by atoms with E-state index in [-0.39, 0.29) is 5.91 Å². The maximum atomic E-state index is 13.2. The molecule has 1 aliphatic heterocycles. The van der Waals surface area contributed by atoms with Gasteiger partial charge in [-0.05, 0) is 34.7 Å². The Morgan fingerprint density at radius 2 is 1.78 bits per heavy atom. The number of amides is 1. The molecule has 0 aliphatic carbocycles. The maximum Gasteiger partial charge on any atom is 0.257 e. The van der Waals surface area contributed by atoms with Crippen LogP contribution < -0.4 is 9.47 Å². The van der Waals surface area contributed by atoms with Crippen molar-refractivity contribution in [2.75, 3.05) is 40.4 Å². The number of halogens is 2. The summed E-state index contributed by atoms with van der Waals surface area (Å²) in [5.41, 5.74) is 1.95. The summed E-state index contributed by atoms with van der Waals surface area (Å²) in [6.45, 7) is 3.30. The normalized spacial score (nSPS) is 14.4. The van der Waals surface area contributed by atoms with Crippen LogP contribution in [0.2, 0.25) is 10.0 Å². The average molecular weight is 477 g/mol. The number of piperazine rings is 1. The van der Waals surface area contributed by atoms with Crippen molar-refractivity contribution in [1.82, 2.24) is 30.0 Å². The molecule has 0 bridgehead atoms. The third-order valence-electron chi connectivity index (χ3n) is 5.39. The number of methoxy groups -OCH3 is 2. The van der Waals surface area contributed by atoms with Gasteiger partial charge >= 0.3 is 0 Å². The first-order valence-corrected chi connectivity index (χ1v) is 10.7. The van der Waals surface area contributed by atoms with Crippen LogP contribution in [-0.4, -0.2) is 76.3 Å². The highest BCUT2D eigenvalue weighted by Gasteiger charge is 2.26. The summed E-state index contributed by atoms with van der Waals surface area (Å²) < 4.78 is 12.3. The average Bonchev–Trinajstić information content (AvgIpc) is 3.34. The molecule has 1 amide bonds. The monoisotopic (exact) mass is 476 g/mol. The summed E-state index contributed by atoms with van der Waals surface area (Å²) in [4.78, 5) is 17.3. The standard InChI is InChI=1S/C21H22Cl2N6O3/c1-31-19-4-3-15(22)9-14(19)12-27-5-7-28(8-6-27)21(30)16-10-17(23)18(11-20(16)32-2)29-13-24-25-26-29/h3-4,9-11,13H,5-8,12H2,1-2H3. The Bertz CT molecular complexity index is 1100. The summed E-state index contributed by atoms with van der Waals surface area (Å²) in [7, 11) is 3.16. The summed E-state index contributed by atoms with van der Waals surface area (Å²) in [5, 5.41) is 12.1. The molecule has 9 nitrogen and oxygen atoms in total. The second kappa shape index (κ2) is 9.72. The van der Waals surface area contributed by atoms with Crippen LogP contribution in [0.25, 0.3) is 5.69 Å². The van der Waals surface area contributed by atoms with Gasteiger partial charge in [-0.1, -0.05) is 23.2 Å². The Morgan fingerprint density at radius 3 is 2.44 bits per heavy atom. The number of rotatable bonds is 6. The van der Waals surface area contributed by atoms with Gasteiger partial charge in [0.2, 0.25) is 0 Å². The number of benzene rings is 2. The van der Waals surface area contributed by atoms with Gasteiger partial charge in [-0.3, -0.25) is 9.69 Å². The van der Waals surface area contributed by atoms with Crippen molar-refractivity contribution in [3.63, 3.8) is 0 Å². The van der Waals surface area contributed by atoms with E-state index in [4.69, 9.17) is 32.7 Å². The molecule has 168 valence electrons. The first-order chi connectivity index (χ1) is 15.5. The highest BCUT2D eigenvalue weighted by atomic mass is 35.5. The van der Waals surface area contributed by atoms with E-state index in [1.807, 2.05) is 18.2 Å². The molecule has 1 aliphatic rings. The van der Waals surface area contributed by atoms with Crippen molar-refractivity contribution >= 4 is 29.1 Å². The van der Waals surface area contributed by atoms with Gasteiger partial charge in [0.1, 0.15) is 17.8 Å². The summed E-state index contributed by atoms with van der Waals surface area (Å²) in [6, 6.07) is 8.85. The van der Waals surface area contributed by atoms with E-state index in [0.717, 1.165) is 24.4 Å². The molecule has 0 radical (unpaired) electrons. The molecular formula is C21H22Cl2N6O3. The van der Waals surface area contributed by atoms with Crippen molar-refractivity contribution in [3.8, 4) is 17.2 Å². The van der Waals surface area contributed by atoms with Crippen LogP contribution >= 0.6 is 23.2 Å². The third kappa shape index (κ3) is 4.64. The zero-order valence-corrected chi connectivity index (χ0v) is 19.2. The largest absolute Gasteiger partial charge is 0.496 e. The second-order valence-corrected chi connectivity index (χ2v) is 8.13. The number of hydrogen-bond donors (Lipinski definition) is 0. The van der Waals surface area contributed by atoms with Gasteiger partial charge in [0, 0.05) is 49.4 Å². The number of hydrogen-bond acceptors (Lipinski definition) is 7. The molecule has 2 heterocycles. The van der Waals surface area contributed by atoms with Crippen LogP contribution in [0.5, 0.6) is 11.5 Å². The highest BCUT2D eigenvalue weighted by molar-refractivity contribution is 6.33. The zero-order chi connectivity index (χ0) is 22.7. The van der Waals surface area contributed by atoms with Gasteiger partial charge in [-0.15, -0.1) is 5.10 Å². The molecule has 1 fully saturated rings. The number of carbonyl (C=O) groups excluding carboxylic acids is 1. The smallest absolute Gasteiger partial charge is 0.257 e. The van der Waals surface area contributed by atoms with Crippen molar-refractivity contribution < 1.29 is 14.3 Å². The predicted octanol–water partition coefficient (Wildman–Crippen LogP) is 2.94. The van der Waals surface area contributed by atoms with E-state index in [2.05, 4.69) is 20.4 Å². The molecule has 1 aromatic heterocycles. The molecule has 2 aromatic carbocycles. The molecule has 3 aromatic rings. The van der Waals surface area contributed by atoms with E-state index < -0.39 is 0 Å². The van der Waals surface area contributed by atoms with Crippen LogP contribution in [0.15, 0.2) is 36.7 Å². The molecule has 11 heteroatoms. The highest BCUT2D eigenvalue weighted by Crippen LogP contribution is 2.31. The Hall–Kier alpha value is -2.88. The summed E-state index contributed by atoms with van der Waals surface area (Å²) in [5.74, 6) is 1.08. The Morgan fingerprint density at radius 1 is 1.03 bits per heavy atom. The van der Waals surface area contributed by atoms with E-state index in [0.29, 0.717) is 46.7 Å². The second-order valence-electron chi connectivity index (χ2n) is 7.28. The molecule has 1 saturated heterocycles. The van der Waals surface area contributed by atoms with Crippen LogP contribution in [-0.2, 0) is 6.54 Å². The number of carbonyl (C=O) groups is 1. The van der Waals surface area contributed by atoms with E-state index in [9.17, 15) is 4.79 Å². The Balaban J connectivity index is 1.46. The van der Waals surface area contributed by atoms with Gasteiger partial charge in [0.05, 0.1) is 30.5 Å². The molecule has 0 N–H and O–H groups in total. The van der Waals surface area contributed by atoms with Gasteiger partial charge in [0.25, 0.3) is 5.91 Å². The van der Waals surface area contributed by atoms with Gasteiger partial charge in [0.15, 0.2) is 0 Å². The molecule has 0 unspecified atom stereocenters. The minimum Gasteiger partial charge on any atom is -0.496 e. The van der Waals surface area contributed by atoms with Crippen molar-refractivity contribution in [2.45, 2.75) is 6.54 Å². The van der Waals surface area contributed by atoms with E-state index in [1.54, 1.807) is 24.1 Å². The first-order valence-electron chi connectivity index (χ1n) is 9.95. The molecule has 4 rings (SSSR count). The van der Waals surface area contributed by atoms with Crippen LogP contribution in [0.3, 0.4) is 0 Å². The molecule has 0 saturated carbocycles. The number of tetrazole rings is 1. The SMILES string of the molecule is COc1ccc(Cl)cc1CN1CCN(C(=O)c2cc(Cl)c(-n3cnnn3)cc2OC)CC1. The van der Waals surface area contributed by atoms with Crippen LogP contribution in [0, 0.1) is 0 Å². The lowest BCUT2D eigenvalue weighted by atomic mass is 10.1. The maximum absolute atomic E-state index is 13.2. The van der Waals surface area contributed by atoms with E-state index in [1.165, 1.54) is 18.1 Å². The predicted molar refractivity (Wildman–Crippen MR) is 120 cm³/mol. The topological polar surface area (TPSA) is 85.6 Å². The van der Waals surface area contributed by atoms with Gasteiger partial charge in [-0.25, -0.2) is 0 Å². The van der Waals surface area contributed by atoms with Gasteiger partial charge < -0.3 is 14.4 Å². The third-order valence-corrected chi connectivity index (χ3v) is 5.93. The van der Waals surface area contributed by atoms with Crippen molar-refractivity contribution in [2.24, 2.45) is 0 Å². The quantitative estimate of drug-likeness (QED) is 0.540. The van der Waals surface area contributed by atoms with E-state index >= 15 is 0 Å². The fourth-order valence-corrected chi connectivity index (χ4v) is 4.16. The minimum atomic E-state index is -0.132. The Labute approximate surface area is 195 Å². The van der Waals surface area contributed by atoms with Crippen molar-refractivity contribution in [1.29, 1.82) is 0 Å². The molecule has 32 heavy (non-hydrogen) atoms. The summed E-state index contributed by atoms with van der Waals surface area (Å²) >= 11 is 12.6. The number of aromatic nitrogens is 4. The van der Waals surface area contributed by atoms with Crippen LogP contribution in [0.4, 0.5) is 0 Å². The lowest BCUT2D eigenvalue weighted by Crippen LogP contribution is -2.48. The Kier molecular flexibility index (Phi) is 6.78. The fourth-order valence-electron chi connectivity index (χ4n) is 3.72. The van der Waals surface area contributed by atoms with Crippen molar-refractivity contribution in [3.05, 3.63) is 57.8 Å². The number of ether oxygens (including phenoxy) is 2. The van der Waals surface area contributed by atoms with Crippen LogP contribution in [0.1, 0.15) is 15.9 Å². The number of nitrogens with zero attached hydrogens (tertiary/aromatic N) is 6. The zero-order valence-electron chi connectivity index (χ0n) is 17.7. The molecule has 0 spiro atoms. The minimum absolute atomic E-state index is 0.132. The lowest BCUT2D eigenvalue weighted by molar-refractivity contribution is 0.0624. The summed E-state index contributed by atoms with van der Waals surface area (Å²) in [6.07, 6.45) is 1.43. The van der Waals surface area contributed by atoms with Gasteiger partial charge in [-0.2, -0.15) is 4.68 Å².